The standard InChI is InChI=1S/C16H34O5S/c1-15(2)11-8-9-13-16(21-22(18,19)20)12-7-5-3-4-6-10-14-17/h15-17H,3-14H2,1-2H3,(H,18,19,20)/p-1. The van der Waals surface area contributed by atoms with Gasteiger partial charge in [-0.3, -0.25) is 4.18 Å². The van der Waals surface area contributed by atoms with E-state index in [1.54, 1.807) is 0 Å². The van der Waals surface area contributed by atoms with Crippen LogP contribution in [0.15, 0.2) is 0 Å². The fraction of sp³-hybridized carbons (Fsp3) is 1.00. The molecule has 1 N–H and O–H groups in total. The SMILES string of the molecule is CC(C)CCCCC(CCCCCCCCO)OS(=O)(=O)[O-]. The zero-order valence-corrected chi connectivity index (χ0v) is 14.9. The summed E-state index contributed by atoms with van der Waals surface area (Å²) in [6.45, 7) is 4.56. The minimum atomic E-state index is -4.61. The van der Waals surface area contributed by atoms with Crippen molar-refractivity contribution in [3.05, 3.63) is 0 Å². The quantitative estimate of drug-likeness (QED) is 0.279. The van der Waals surface area contributed by atoms with Crippen LogP contribution in [0.5, 0.6) is 0 Å². The van der Waals surface area contributed by atoms with E-state index in [1.165, 1.54) is 0 Å². The van der Waals surface area contributed by atoms with Gasteiger partial charge in [0.25, 0.3) is 0 Å². The molecule has 1 unspecified atom stereocenters. The van der Waals surface area contributed by atoms with Gasteiger partial charge in [0.05, 0.1) is 6.10 Å². The Morgan fingerprint density at radius 2 is 1.32 bits per heavy atom. The second-order valence-corrected chi connectivity index (χ2v) is 7.45. The summed E-state index contributed by atoms with van der Waals surface area (Å²) < 4.78 is 37.0. The molecule has 0 spiro atoms. The molecule has 5 nitrogen and oxygen atoms in total. The zero-order valence-electron chi connectivity index (χ0n) is 14.1. The molecule has 134 valence electrons. The van der Waals surface area contributed by atoms with Crippen molar-refractivity contribution < 1.29 is 22.3 Å². The van der Waals surface area contributed by atoms with Gasteiger partial charge < -0.3 is 9.66 Å². The van der Waals surface area contributed by atoms with Crippen molar-refractivity contribution >= 4 is 10.4 Å². The third kappa shape index (κ3) is 16.2. The van der Waals surface area contributed by atoms with E-state index in [2.05, 4.69) is 18.0 Å². The van der Waals surface area contributed by atoms with Crippen LogP contribution in [0.25, 0.3) is 0 Å². The van der Waals surface area contributed by atoms with E-state index in [0.29, 0.717) is 18.8 Å². The van der Waals surface area contributed by atoms with Gasteiger partial charge in [0.15, 0.2) is 0 Å². The number of aliphatic hydroxyl groups excluding tert-OH is 1. The van der Waals surface area contributed by atoms with Crippen LogP contribution in [0, 0.1) is 5.92 Å². The Kier molecular flexibility index (Phi) is 13.2. The Hall–Kier alpha value is -0.170. The maximum atomic E-state index is 10.8. The first-order chi connectivity index (χ1) is 10.3. The first kappa shape index (κ1) is 21.8. The molecule has 0 aliphatic carbocycles. The van der Waals surface area contributed by atoms with Gasteiger partial charge in [0.1, 0.15) is 0 Å². The number of hydrogen-bond acceptors (Lipinski definition) is 5. The topological polar surface area (TPSA) is 86.7 Å². The molecule has 0 aliphatic heterocycles. The molecule has 0 rings (SSSR count). The largest absolute Gasteiger partial charge is 0.726 e. The van der Waals surface area contributed by atoms with E-state index in [0.717, 1.165) is 57.8 Å². The second kappa shape index (κ2) is 13.3. The van der Waals surface area contributed by atoms with Crippen LogP contribution in [-0.2, 0) is 14.6 Å². The highest BCUT2D eigenvalue weighted by atomic mass is 32.3. The monoisotopic (exact) mass is 337 g/mol. The van der Waals surface area contributed by atoms with Crippen molar-refractivity contribution in [3.8, 4) is 0 Å². The van der Waals surface area contributed by atoms with Crippen LogP contribution in [0.3, 0.4) is 0 Å². The Labute approximate surface area is 136 Å². The minimum absolute atomic E-state index is 0.244. The van der Waals surface area contributed by atoms with Crippen molar-refractivity contribution in [1.82, 2.24) is 0 Å². The third-order valence-electron chi connectivity index (χ3n) is 3.75. The zero-order chi connectivity index (χ0) is 16.8. The number of unbranched alkanes of at least 4 members (excludes halogenated alkanes) is 6. The van der Waals surface area contributed by atoms with E-state index >= 15 is 0 Å². The van der Waals surface area contributed by atoms with E-state index in [4.69, 9.17) is 5.11 Å². The van der Waals surface area contributed by atoms with Gasteiger partial charge in [-0.1, -0.05) is 65.2 Å². The average Bonchev–Trinajstić information content (AvgIpc) is 2.40. The van der Waals surface area contributed by atoms with Crippen molar-refractivity contribution in [1.29, 1.82) is 0 Å². The lowest BCUT2D eigenvalue weighted by atomic mass is 10.0. The van der Waals surface area contributed by atoms with E-state index in [-0.39, 0.29) is 6.61 Å². The predicted octanol–water partition coefficient (Wildman–Crippen LogP) is 3.77. The molecule has 0 fully saturated rings. The van der Waals surface area contributed by atoms with Gasteiger partial charge in [-0.05, 0) is 25.2 Å². The van der Waals surface area contributed by atoms with Gasteiger partial charge in [-0.15, -0.1) is 0 Å². The molecule has 0 heterocycles. The maximum absolute atomic E-state index is 10.8. The molecule has 6 heteroatoms. The average molecular weight is 338 g/mol. The van der Waals surface area contributed by atoms with Crippen LogP contribution < -0.4 is 0 Å². The van der Waals surface area contributed by atoms with Crippen LogP contribution in [0.1, 0.15) is 84.5 Å². The number of aliphatic hydroxyl groups is 1. The Bertz CT molecular complexity index is 340. The van der Waals surface area contributed by atoms with Gasteiger partial charge in [-0.25, -0.2) is 8.42 Å². The highest BCUT2D eigenvalue weighted by Crippen LogP contribution is 2.18. The summed E-state index contributed by atoms with van der Waals surface area (Å²) in [5, 5.41) is 8.68. The second-order valence-electron chi connectivity index (χ2n) is 6.44. The van der Waals surface area contributed by atoms with Crippen LogP contribution >= 0.6 is 0 Å². The normalized spacial score (nSPS) is 13.7. The Balaban J connectivity index is 3.88. The number of hydrogen-bond donors (Lipinski definition) is 1. The molecule has 0 bridgehead atoms. The van der Waals surface area contributed by atoms with Crippen molar-refractivity contribution in [3.63, 3.8) is 0 Å². The lowest BCUT2D eigenvalue weighted by Gasteiger charge is -2.19. The van der Waals surface area contributed by atoms with Crippen molar-refractivity contribution in [2.24, 2.45) is 5.92 Å². The maximum Gasteiger partial charge on any atom is 0.217 e. The van der Waals surface area contributed by atoms with Crippen LogP contribution in [0.4, 0.5) is 0 Å². The number of rotatable bonds is 15. The van der Waals surface area contributed by atoms with E-state index in [1.807, 2.05) is 0 Å². The molecule has 0 aliphatic rings. The fourth-order valence-electron chi connectivity index (χ4n) is 2.52. The molecule has 0 aromatic rings. The lowest BCUT2D eigenvalue weighted by molar-refractivity contribution is 0.154. The fourth-order valence-corrected chi connectivity index (χ4v) is 3.05. The van der Waals surface area contributed by atoms with Crippen molar-refractivity contribution in [2.45, 2.75) is 90.6 Å². The summed E-state index contributed by atoms with van der Waals surface area (Å²) in [7, 11) is -4.61. The molecule has 0 saturated carbocycles. The summed E-state index contributed by atoms with van der Waals surface area (Å²) in [6, 6.07) is 0. The highest BCUT2D eigenvalue weighted by Gasteiger charge is 2.12. The molecule has 0 aromatic carbocycles. The summed E-state index contributed by atoms with van der Waals surface area (Å²) >= 11 is 0. The smallest absolute Gasteiger partial charge is 0.217 e. The van der Waals surface area contributed by atoms with Crippen LogP contribution in [-0.4, -0.2) is 30.8 Å². The molecular formula is C16H33O5S-. The highest BCUT2D eigenvalue weighted by molar-refractivity contribution is 7.80. The molecule has 0 amide bonds. The van der Waals surface area contributed by atoms with Gasteiger partial charge in [-0.2, -0.15) is 0 Å². The summed E-state index contributed by atoms with van der Waals surface area (Å²) in [6.07, 6.45) is 9.77. The molecule has 0 aromatic heterocycles. The Morgan fingerprint density at radius 3 is 1.82 bits per heavy atom. The molecular weight excluding hydrogens is 304 g/mol. The van der Waals surface area contributed by atoms with E-state index in [9.17, 15) is 13.0 Å². The first-order valence-corrected chi connectivity index (χ1v) is 9.93. The molecule has 0 saturated heterocycles. The van der Waals surface area contributed by atoms with Gasteiger partial charge >= 0.3 is 0 Å². The molecule has 22 heavy (non-hydrogen) atoms. The summed E-state index contributed by atoms with van der Waals surface area (Å²) in [5.41, 5.74) is 0. The van der Waals surface area contributed by atoms with Crippen LogP contribution in [0.2, 0.25) is 0 Å². The third-order valence-corrected chi connectivity index (χ3v) is 4.25. The first-order valence-electron chi connectivity index (χ1n) is 8.60. The van der Waals surface area contributed by atoms with Crippen molar-refractivity contribution in [2.75, 3.05) is 6.61 Å². The van der Waals surface area contributed by atoms with E-state index < -0.39 is 16.5 Å². The predicted molar refractivity (Wildman–Crippen MR) is 87.3 cm³/mol. The summed E-state index contributed by atoms with van der Waals surface area (Å²) in [4.78, 5) is 0. The van der Waals surface area contributed by atoms with Gasteiger partial charge in [0, 0.05) is 6.61 Å². The van der Waals surface area contributed by atoms with Gasteiger partial charge in [0.2, 0.25) is 10.4 Å². The minimum Gasteiger partial charge on any atom is -0.726 e. The summed E-state index contributed by atoms with van der Waals surface area (Å²) in [5.74, 6) is 0.640. The Morgan fingerprint density at radius 1 is 0.864 bits per heavy atom. The molecule has 1 atom stereocenters. The lowest BCUT2D eigenvalue weighted by Crippen LogP contribution is -2.18. The molecule has 0 radical (unpaired) electrons.